The number of nitrogens with zero attached hydrogens (tertiary/aromatic N) is 5. The van der Waals surface area contributed by atoms with Crippen molar-refractivity contribution >= 4 is 16.7 Å². The van der Waals surface area contributed by atoms with Gasteiger partial charge in [-0.25, -0.2) is 18.7 Å². The third-order valence-corrected chi connectivity index (χ3v) is 7.02. The summed E-state index contributed by atoms with van der Waals surface area (Å²) in [5.74, 6) is -3.84. The number of fused-ring (bicyclic) bond motifs is 1. The molecule has 2 aliphatic rings. The molecule has 2 aromatic carbocycles. The van der Waals surface area contributed by atoms with Gasteiger partial charge in [-0.1, -0.05) is 29.8 Å². The molecule has 0 aliphatic carbocycles. The maximum absolute atomic E-state index is 14.0. The van der Waals surface area contributed by atoms with Gasteiger partial charge >= 0.3 is 6.18 Å². The van der Waals surface area contributed by atoms with E-state index in [2.05, 4.69) is 14.9 Å². The SMILES string of the molecule is Cc1ccc(C(O)N2CCN([C@@H]3CCN(c4nc(C(F)(F)F)nc5cc(F)c(F)cc45)C3)CC2)cc1. The van der Waals surface area contributed by atoms with Crippen molar-refractivity contribution in [2.75, 3.05) is 44.2 Å². The van der Waals surface area contributed by atoms with Crippen LogP contribution in [0.5, 0.6) is 0 Å². The van der Waals surface area contributed by atoms with E-state index < -0.39 is 29.9 Å². The number of aliphatic hydroxyl groups excluding tert-OH is 1. The molecule has 2 fully saturated rings. The molecule has 0 bridgehead atoms. The molecule has 36 heavy (non-hydrogen) atoms. The lowest BCUT2D eigenvalue weighted by atomic mass is 10.1. The molecule has 0 saturated carbocycles. The van der Waals surface area contributed by atoms with Gasteiger partial charge in [0, 0.05) is 56.8 Å². The van der Waals surface area contributed by atoms with Crippen LogP contribution in [0.2, 0.25) is 0 Å². The van der Waals surface area contributed by atoms with Crippen molar-refractivity contribution < 1.29 is 27.1 Å². The van der Waals surface area contributed by atoms with Crippen LogP contribution in [-0.4, -0.2) is 70.2 Å². The number of benzene rings is 2. The third-order valence-electron chi connectivity index (χ3n) is 7.02. The van der Waals surface area contributed by atoms with Crippen molar-refractivity contribution in [1.82, 2.24) is 19.8 Å². The minimum absolute atomic E-state index is 0.0397. The van der Waals surface area contributed by atoms with E-state index in [-0.39, 0.29) is 22.8 Å². The summed E-state index contributed by atoms with van der Waals surface area (Å²) in [5, 5.41) is 10.8. The number of aromatic nitrogens is 2. The van der Waals surface area contributed by atoms with Crippen LogP contribution in [-0.2, 0) is 6.18 Å². The first-order valence-electron chi connectivity index (χ1n) is 11.8. The summed E-state index contributed by atoms with van der Waals surface area (Å²) >= 11 is 0. The molecule has 2 aliphatic heterocycles. The van der Waals surface area contributed by atoms with Crippen LogP contribution < -0.4 is 4.90 Å². The quantitative estimate of drug-likeness (QED) is 0.537. The first kappa shape index (κ1) is 24.8. The van der Waals surface area contributed by atoms with Gasteiger partial charge in [-0.3, -0.25) is 9.80 Å². The highest BCUT2D eigenvalue weighted by Crippen LogP contribution is 2.34. The Morgan fingerprint density at radius 3 is 2.28 bits per heavy atom. The second-order valence-corrected chi connectivity index (χ2v) is 9.40. The van der Waals surface area contributed by atoms with Crippen LogP contribution in [0, 0.1) is 18.6 Å². The normalized spacial score (nSPS) is 20.9. The fourth-order valence-electron chi connectivity index (χ4n) is 5.00. The number of aliphatic hydroxyl groups is 1. The van der Waals surface area contributed by atoms with Gasteiger partial charge in [0.2, 0.25) is 5.82 Å². The topological polar surface area (TPSA) is 55.7 Å². The predicted octanol–water partition coefficient (Wildman–Crippen LogP) is 4.12. The summed E-state index contributed by atoms with van der Waals surface area (Å²) < 4.78 is 68.0. The van der Waals surface area contributed by atoms with Gasteiger partial charge in [-0.05, 0) is 25.0 Å². The van der Waals surface area contributed by atoms with Crippen molar-refractivity contribution in [2.45, 2.75) is 31.8 Å². The van der Waals surface area contributed by atoms with Gasteiger partial charge < -0.3 is 10.0 Å². The van der Waals surface area contributed by atoms with Gasteiger partial charge in [-0.15, -0.1) is 0 Å². The van der Waals surface area contributed by atoms with Crippen LogP contribution in [0.3, 0.4) is 0 Å². The zero-order valence-electron chi connectivity index (χ0n) is 19.6. The number of hydrogen-bond donors (Lipinski definition) is 1. The van der Waals surface area contributed by atoms with E-state index in [4.69, 9.17) is 0 Å². The summed E-state index contributed by atoms with van der Waals surface area (Å²) in [7, 11) is 0. The van der Waals surface area contributed by atoms with Crippen molar-refractivity contribution in [2.24, 2.45) is 0 Å². The highest BCUT2D eigenvalue weighted by molar-refractivity contribution is 5.90. The molecule has 11 heteroatoms. The molecule has 6 nitrogen and oxygen atoms in total. The van der Waals surface area contributed by atoms with Crippen molar-refractivity contribution in [3.63, 3.8) is 0 Å². The number of aryl methyl sites for hydroxylation is 1. The fraction of sp³-hybridized carbons (Fsp3) is 0.440. The molecule has 1 N–H and O–H groups in total. The zero-order chi connectivity index (χ0) is 25.6. The van der Waals surface area contributed by atoms with E-state index in [1.54, 1.807) is 4.90 Å². The Hall–Kier alpha value is -2.89. The Balaban J connectivity index is 1.30. The lowest BCUT2D eigenvalue weighted by molar-refractivity contribution is -0.144. The van der Waals surface area contributed by atoms with Gasteiger partial charge in [0.1, 0.15) is 12.0 Å². The van der Waals surface area contributed by atoms with Crippen molar-refractivity contribution in [1.29, 1.82) is 0 Å². The summed E-state index contributed by atoms with van der Waals surface area (Å²) in [6.45, 7) is 5.50. The van der Waals surface area contributed by atoms with E-state index in [1.165, 1.54) is 0 Å². The summed E-state index contributed by atoms with van der Waals surface area (Å²) in [5.41, 5.74) is 1.67. The predicted molar refractivity (Wildman–Crippen MR) is 124 cm³/mol. The molecule has 0 radical (unpaired) electrons. The van der Waals surface area contributed by atoms with E-state index in [9.17, 15) is 27.1 Å². The van der Waals surface area contributed by atoms with Gasteiger partial charge in [0.25, 0.3) is 0 Å². The Morgan fingerprint density at radius 2 is 1.61 bits per heavy atom. The number of alkyl halides is 3. The summed E-state index contributed by atoms with van der Waals surface area (Å²) in [4.78, 5) is 13.1. The maximum Gasteiger partial charge on any atom is 0.451 e. The minimum atomic E-state index is -4.82. The number of piperazine rings is 1. The van der Waals surface area contributed by atoms with Crippen LogP contribution in [0.1, 0.15) is 29.6 Å². The second-order valence-electron chi connectivity index (χ2n) is 9.40. The largest absolute Gasteiger partial charge is 0.451 e. The number of hydrogen-bond acceptors (Lipinski definition) is 6. The molecule has 3 aromatic rings. The molecule has 0 amide bonds. The average molecular weight is 508 g/mol. The van der Waals surface area contributed by atoms with Crippen LogP contribution in [0.15, 0.2) is 36.4 Å². The lowest BCUT2D eigenvalue weighted by Crippen LogP contribution is -2.51. The van der Waals surface area contributed by atoms with Crippen molar-refractivity contribution in [3.05, 3.63) is 65.0 Å². The third kappa shape index (κ3) is 4.87. The first-order valence-corrected chi connectivity index (χ1v) is 11.8. The first-order chi connectivity index (χ1) is 17.1. The Labute approximate surface area is 205 Å². The highest BCUT2D eigenvalue weighted by atomic mass is 19.4. The van der Waals surface area contributed by atoms with Crippen molar-refractivity contribution in [3.8, 4) is 0 Å². The second kappa shape index (κ2) is 9.53. The monoisotopic (exact) mass is 507 g/mol. The molecule has 3 heterocycles. The molecule has 2 saturated heterocycles. The van der Waals surface area contributed by atoms with Crippen LogP contribution in [0.25, 0.3) is 10.9 Å². The molecule has 1 unspecified atom stereocenters. The van der Waals surface area contributed by atoms with E-state index >= 15 is 0 Å². The lowest BCUT2D eigenvalue weighted by Gasteiger charge is -2.40. The Bertz CT molecular complexity index is 1240. The van der Waals surface area contributed by atoms with E-state index in [1.807, 2.05) is 36.1 Å². The number of anilines is 1. The zero-order valence-corrected chi connectivity index (χ0v) is 19.6. The fourth-order valence-corrected chi connectivity index (χ4v) is 5.00. The maximum atomic E-state index is 14.0. The molecule has 2 atom stereocenters. The average Bonchev–Trinajstić information content (AvgIpc) is 3.34. The minimum Gasteiger partial charge on any atom is -0.374 e. The Kier molecular flexibility index (Phi) is 6.56. The Morgan fingerprint density at radius 1 is 0.944 bits per heavy atom. The van der Waals surface area contributed by atoms with Crippen LogP contribution >= 0.6 is 0 Å². The molecule has 0 spiro atoms. The molecular weight excluding hydrogens is 481 g/mol. The summed E-state index contributed by atoms with van der Waals surface area (Å²) in [6.07, 6.45) is -4.82. The molecular formula is C25H26F5N5O. The number of halogens is 5. The highest BCUT2D eigenvalue weighted by Gasteiger charge is 2.38. The summed E-state index contributed by atoms with van der Waals surface area (Å²) in [6, 6.07) is 9.35. The smallest absolute Gasteiger partial charge is 0.374 e. The van der Waals surface area contributed by atoms with Crippen LogP contribution in [0.4, 0.5) is 27.8 Å². The van der Waals surface area contributed by atoms with Gasteiger partial charge in [-0.2, -0.15) is 13.2 Å². The van der Waals surface area contributed by atoms with Gasteiger partial charge in [0.05, 0.1) is 5.52 Å². The molecule has 192 valence electrons. The standard InChI is InChI=1S/C25H26F5N5O/c1-15-2-4-16(5-3-15)23(36)34-10-8-33(9-11-34)17-6-7-35(14-17)22-18-12-19(26)20(27)13-21(18)31-24(32-22)25(28,29)30/h2-5,12-13,17,23,36H,6-11,14H2,1H3/t17-,23?/m1/s1. The molecule has 1 aromatic heterocycles. The number of rotatable bonds is 4. The molecule has 5 rings (SSSR count). The van der Waals surface area contributed by atoms with Gasteiger partial charge in [0.15, 0.2) is 11.6 Å². The van der Waals surface area contributed by atoms with E-state index in [0.29, 0.717) is 51.8 Å². The van der Waals surface area contributed by atoms with E-state index in [0.717, 1.165) is 17.2 Å².